The maximum Gasteiger partial charge on any atom is 0.158 e. The summed E-state index contributed by atoms with van der Waals surface area (Å²) in [7, 11) is 1.64. The molecule has 1 unspecified atom stereocenters. The third-order valence-corrected chi connectivity index (χ3v) is 3.92. The molecule has 1 aliphatic rings. The largest absolute Gasteiger partial charge is 0.497 e. The topological polar surface area (TPSA) is 39.4 Å². The van der Waals surface area contributed by atoms with Crippen molar-refractivity contribution >= 4 is 11.9 Å². The highest BCUT2D eigenvalue weighted by molar-refractivity contribution is 6.00. The molecule has 2 aromatic rings. The fourth-order valence-electron chi connectivity index (χ4n) is 2.79. The number of benzene rings is 1. The smallest absolute Gasteiger partial charge is 0.158 e. The molecule has 0 bridgehead atoms. The predicted molar refractivity (Wildman–Crippen MR) is 81.3 cm³/mol. The van der Waals surface area contributed by atoms with Gasteiger partial charge in [0.05, 0.1) is 13.4 Å². The van der Waals surface area contributed by atoms with Crippen molar-refractivity contribution in [1.29, 1.82) is 0 Å². The van der Waals surface area contributed by atoms with Crippen molar-refractivity contribution in [2.75, 3.05) is 7.11 Å². The summed E-state index contributed by atoms with van der Waals surface area (Å²) >= 11 is 0. The maximum absolute atomic E-state index is 12.1. The molecule has 1 atom stereocenters. The van der Waals surface area contributed by atoms with Crippen LogP contribution in [0.15, 0.2) is 52.7 Å². The number of ketones is 1. The molecule has 0 radical (unpaired) electrons. The van der Waals surface area contributed by atoms with Gasteiger partial charge in [0.1, 0.15) is 11.5 Å². The first-order valence-electron chi connectivity index (χ1n) is 7.17. The first-order chi connectivity index (χ1) is 10.3. The minimum Gasteiger partial charge on any atom is -0.497 e. The Bertz CT molecular complexity index is 653. The van der Waals surface area contributed by atoms with E-state index in [1.807, 2.05) is 42.5 Å². The second-order valence-electron chi connectivity index (χ2n) is 5.32. The second-order valence-corrected chi connectivity index (χ2v) is 5.32. The molecular weight excluding hydrogens is 264 g/mol. The van der Waals surface area contributed by atoms with Crippen molar-refractivity contribution in [2.45, 2.75) is 25.2 Å². The van der Waals surface area contributed by atoms with E-state index in [-0.39, 0.29) is 5.78 Å². The Morgan fingerprint density at radius 1 is 1.29 bits per heavy atom. The first-order valence-corrected chi connectivity index (χ1v) is 7.17. The summed E-state index contributed by atoms with van der Waals surface area (Å²) in [5.74, 6) is 2.31. The minimum atomic E-state index is 0.237. The molecule has 1 saturated carbocycles. The van der Waals surface area contributed by atoms with Crippen molar-refractivity contribution < 1.29 is 13.9 Å². The average Bonchev–Trinajstić information content (AvgIpc) is 3.04. The van der Waals surface area contributed by atoms with Gasteiger partial charge in [-0.3, -0.25) is 4.79 Å². The van der Waals surface area contributed by atoms with E-state index in [9.17, 15) is 4.79 Å². The van der Waals surface area contributed by atoms with Crippen molar-refractivity contribution in [2.24, 2.45) is 0 Å². The Kier molecular flexibility index (Phi) is 3.91. The number of rotatable bonds is 3. The van der Waals surface area contributed by atoms with Crippen LogP contribution in [0.5, 0.6) is 5.75 Å². The Labute approximate surface area is 124 Å². The zero-order valence-corrected chi connectivity index (χ0v) is 12.0. The summed E-state index contributed by atoms with van der Waals surface area (Å²) in [6, 6.07) is 11.6. The van der Waals surface area contributed by atoms with E-state index in [0.717, 1.165) is 35.5 Å². The number of allylic oxidation sites excluding steroid dienone is 1. The third kappa shape index (κ3) is 3.07. The molecule has 3 heteroatoms. The molecule has 0 saturated heterocycles. The SMILES string of the molecule is COc1cccc(C=C2CC(c3ccco3)CCC2=O)c1. The maximum atomic E-state index is 12.1. The van der Waals surface area contributed by atoms with Crippen LogP contribution in [0.4, 0.5) is 0 Å². The molecule has 108 valence electrons. The molecule has 1 aromatic carbocycles. The average molecular weight is 282 g/mol. The van der Waals surface area contributed by atoms with Gasteiger partial charge in [0.2, 0.25) is 0 Å². The molecule has 1 aromatic heterocycles. The van der Waals surface area contributed by atoms with Gasteiger partial charge in [-0.05, 0) is 54.3 Å². The monoisotopic (exact) mass is 282 g/mol. The van der Waals surface area contributed by atoms with Crippen LogP contribution in [0.3, 0.4) is 0 Å². The molecule has 1 aliphatic carbocycles. The van der Waals surface area contributed by atoms with Gasteiger partial charge in [-0.25, -0.2) is 0 Å². The lowest BCUT2D eigenvalue weighted by Gasteiger charge is -2.21. The number of hydrogen-bond donors (Lipinski definition) is 0. The minimum absolute atomic E-state index is 0.237. The quantitative estimate of drug-likeness (QED) is 0.792. The van der Waals surface area contributed by atoms with Crippen LogP contribution >= 0.6 is 0 Å². The van der Waals surface area contributed by atoms with Crippen LogP contribution in [0.1, 0.15) is 36.5 Å². The highest BCUT2D eigenvalue weighted by Crippen LogP contribution is 2.35. The molecule has 0 spiro atoms. The summed E-state index contributed by atoms with van der Waals surface area (Å²) in [5, 5.41) is 0. The van der Waals surface area contributed by atoms with Crippen LogP contribution in [0.25, 0.3) is 6.08 Å². The number of carbonyl (C=O) groups excluding carboxylic acids is 1. The molecule has 21 heavy (non-hydrogen) atoms. The van der Waals surface area contributed by atoms with E-state index in [2.05, 4.69) is 0 Å². The van der Waals surface area contributed by atoms with Crippen LogP contribution in [-0.2, 0) is 4.79 Å². The number of hydrogen-bond acceptors (Lipinski definition) is 3. The highest BCUT2D eigenvalue weighted by Gasteiger charge is 2.26. The van der Waals surface area contributed by atoms with Gasteiger partial charge in [-0.2, -0.15) is 0 Å². The van der Waals surface area contributed by atoms with Gasteiger partial charge >= 0.3 is 0 Å². The molecular formula is C18H18O3. The zero-order chi connectivity index (χ0) is 14.7. The van der Waals surface area contributed by atoms with E-state index in [1.165, 1.54) is 0 Å². The van der Waals surface area contributed by atoms with Crippen LogP contribution in [0, 0.1) is 0 Å². The lowest BCUT2D eigenvalue weighted by atomic mass is 9.82. The number of Topliss-reactive ketones (excluding diaryl/α,β-unsaturated/α-hetero) is 1. The lowest BCUT2D eigenvalue weighted by molar-refractivity contribution is -0.116. The molecule has 1 heterocycles. The predicted octanol–water partition coefficient (Wildman–Crippen LogP) is 4.21. The standard InChI is InChI=1S/C18H18O3/c1-20-16-5-2-4-13(11-16)10-15-12-14(7-8-17(15)19)18-6-3-9-21-18/h2-6,9-11,14H,7-8,12H2,1H3. The molecule has 0 amide bonds. The number of ether oxygens (including phenoxy) is 1. The lowest BCUT2D eigenvalue weighted by Crippen LogP contribution is -2.15. The van der Waals surface area contributed by atoms with E-state index in [4.69, 9.17) is 9.15 Å². The molecule has 3 nitrogen and oxygen atoms in total. The molecule has 0 aliphatic heterocycles. The Morgan fingerprint density at radius 2 is 2.19 bits per heavy atom. The molecule has 3 rings (SSSR count). The zero-order valence-electron chi connectivity index (χ0n) is 12.0. The third-order valence-electron chi connectivity index (χ3n) is 3.92. The fraction of sp³-hybridized carbons (Fsp3) is 0.278. The van der Waals surface area contributed by atoms with Gasteiger partial charge in [0.25, 0.3) is 0 Å². The van der Waals surface area contributed by atoms with E-state index in [0.29, 0.717) is 12.3 Å². The summed E-state index contributed by atoms with van der Waals surface area (Å²) in [6.45, 7) is 0. The van der Waals surface area contributed by atoms with Crippen molar-refractivity contribution in [3.63, 3.8) is 0 Å². The number of furan rings is 1. The second kappa shape index (κ2) is 6.00. The van der Waals surface area contributed by atoms with Gasteiger partial charge in [-0.15, -0.1) is 0 Å². The Morgan fingerprint density at radius 3 is 2.95 bits per heavy atom. The van der Waals surface area contributed by atoms with E-state index in [1.54, 1.807) is 13.4 Å². The molecule has 0 N–H and O–H groups in total. The first kappa shape index (κ1) is 13.7. The number of methoxy groups -OCH3 is 1. The van der Waals surface area contributed by atoms with E-state index < -0.39 is 0 Å². The van der Waals surface area contributed by atoms with E-state index >= 15 is 0 Å². The van der Waals surface area contributed by atoms with Crippen molar-refractivity contribution in [3.05, 3.63) is 59.6 Å². The van der Waals surface area contributed by atoms with Crippen molar-refractivity contribution in [1.82, 2.24) is 0 Å². The summed E-state index contributed by atoms with van der Waals surface area (Å²) < 4.78 is 10.7. The summed E-state index contributed by atoms with van der Waals surface area (Å²) in [6.07, 6.45) is 5.85. The van der Waals surface area contributed by atoms with Crippen LogP contribution in [0.2, 0.25) is 0 Å². The normalized spacial score (nSPS) is 20.7. The number of carbonyl (C=O) groups is 1. The Hall–Kier alpha value is -2.29. The molecule has 1 fully saturated rings. The van der Waals surface area contributed by atoms with Gasteiger partial charge in [-0.1, -0.05) is 12.1 Å². The summed E-state index contributed by atoms with van der Waals surface area (Å²) in [4.78, 5) is 12.1. The van der Waals surface area contributed by atoms with Gasteiger partial charge in [0, 0.05) is 12.3 Å². The van der Waals surface area contributed by atoms with Crippen molar-refractivity contribution in [3.8, 4) is 5.75 Å². The summed E-state index contributed by atoms with van der Waals surface area (Å²) in [5.41, 5.74) is 1.87. The fourth-order valence-corrected chi connectivity index (χ4v) is 2.79. The highest BCUT2D eigenvalue weighted by atomic mass is 16.5. The van der Waals surface area contributed by atoms with Gasteiger partial charge < -0.3 is 9.15 Å². The van der Waals surface area contributed by atoms with Gasteiger partial charge in [0.15, 0.2) is 5.78 Å². The van der Waals surface area contributed by atoms with Crippen LogP contribution < -0.4 is 4.74 Å². The van der Waals surface area contributed by atoms with Crippen LogP contribution in [-0.4, -0.2) is 12.9 Å². The Balaban J connectivity index is 1.84.